The summed E-state index contributed by atoms with van der Waals surface area (Å²) in [5, 5.41) is 0. The number of nitrogens with zero attached hydrogens (tertiary/aromatic N) is 1. The van der Waals surface area contributed by atoms with Crippen LogP contribution in [0, 0.1) is 34.5 Å². The standard InChI is InChI=1S/C37H47NO5/c1-35(43-24-42-33(39)36-19-26-15-27(20-36)17-28(16-26)21-36)12-10-29-18-32-30-9-5-6-11-37(30,31(29)22-35)13-14-38(32)34(40)41-23-25-7-3-2-4-8-25/h2-4,7-8,10,12,26-28,30,32H,5-6,9,11,13-24H2,1H3/t26?,27?,28?,30-,32+,35?,36?,37+/m1/s1. The van der Waals surface area contributed by atoms with Crippen LogP contribution in [0.5, 0.6) is 0 Å². The molecule has 4 atom stereocenters. The van der Waals surface area contributed by atoms with E-state index >= 15 is 0 Å². The molecule has 7 aliphatic carbocycles. The number of likely N-dealkylation sites (tertiary alicyclic amines) is 1. The van der Waals surface area contributed by atoms with Crippen LogP contribution in [-0.4, -0.2) is 41.9 Å². The molecule has 1 heterocycles. The van der Waals surface area contributed by atoms with Crippen molar-refractivity contribution in [2.75, 3.05) is 13.3 Å². The molecule has 0 spiro atoms. The highest BCUT2D eigenvalue weighted by Crippen LogP contribution is 2.62. The zero-order valence-corrected chi connectivity index (χ0v) is 25.7. The topological polar surface area (TPSA) is 65.1 Å². The summed E-state index contributed by atoms with van der Waals surface area (Å²) in [6.07, 6.45) is 18.8. The molecule has 1 aromatic carbocycles. The van der Waals surface area contributed by atoms with Crippen molar-refractivity contribution in [2.24, 2.45) is 34.5 Å². The third-order valence-corrected chi connectivity index (χ3v) is 12.8. The number of amides is 1. The van der Waals surface area contributed by atoms with Crippen LogP contribution in [-0.2, 0) is 25.6 Å². The van der Waals surface area contributed by atoms with Gasteiger partial charge in [0.1, 0.15) is 6.61 Å². The Labute approximate surface area is 256 Å². The molecule has 5 saturated carbocycles. The fourth-order valence-corrected chi connectivity index (χ4v) is 11.3. The van der Waals surface area contributed by atoms with E-state index in [0.717, 1.165) is 74.8 Å². The van der Waals surface area contributed by atoms with Crippen LogP contribution in [0.2, 0.25) is 0 Å². The molecule has 230 valence electrons. The van der Waals surface area contributed by atoms with Crippen LogP contribution in [0.25, 0.3) is 0 Å². The minimum atomic E-state index is -0.490. The molecule has 0 aromatic heterocycles. The van der Waals surface area contributed by atoms with Gasteiger partial charge < -0.3 is 19.1 Å². The lowest BCUT2D eigenvalue weighted by Gasteiger charge is -2.60. The molecule has 0 N–H and O–H groups in total. The van der Waals surface area contributed by atoms with Crippen LogP contribution in [0.15, 0.2) is 53.6 Å². The summed E-state index contributed by atoms with van der Waals surface area (Å²) >= 11 is 0. The van der Waals surface area contributed by atoms with Crippen molar-refractivity contribution in [3.8, 4) is 0 Å². The van der Waals surface area contributed by atoms with Crippen LogP contribution in [0.1, 0.15) is 96.0 Å². The van der Waals surface area contributed by atoms with Gasteiger partial charge in [-0.25, -0.2) is 4.79 Å². The monoisotopic (exact) mass is 585 g/mol. The van der Waals surface area contributed by atoms with Crippen molar-refractivity contribution < 1.29 is 23.8 Å². The number of hydrogen-bond acceptors (Lipinski definition) is 5. The van der Waals surface area contributed by atoms with Gasteiger partial charge in [0.05, 0.1) is 11.0 Å². The Hall–Kier alpha value is -2.60. The van der Waals surface area contributed by atoms with Crippen LogP contribution >= 0.6 is 0 Å². The van der Waals surface area contributed by atoms with Crippen LogP contribution < -0.4 is 0 Å². The minimum Gasteiger partial charge on any atom is -0.445 e. The molecule has 6 bridgehead atoms. The quantitative estimate of drug-likeness (QED) is 0.253. The number of benzene rings is 1. The Morgan fingerprint density at radius 1 is 0.953 bits per heavy atom. The summed E-state index contributed by atoms with van der Waals surface area (Å²) in [5.74, 6) is 2.62. The SMILES string of the molecule is CC1(OCOC(=O)C23CC4CC(CC(C4)C2)C3)C=CC2=C(C1)[C@]13CCCC[C@@H]1[C@H](C2)N(C(=O)OCc1ccccc1)CC3. The molecule has 1 unspecified atom stereocenters. The molecule has 1 amide bonds. The molecule has 6 heteroatoms. The van der Waals surface area contributed by atoms with Crippen LogP contribution in [0.4, 0.5) is 4.79 Å². The molecule has 6 fully saturated rings. The number of ether oxygens (including phenoxy) is 3. The van der Waals surface area contributed by atoms with Gasteiger partial charge >= 0.3 is 12.1 Å². The van der Waals surface area contributed by atoms with E-state index in [1.165, 1.54) is 44.1 Å². The number of esters is 1. The highest BCUT2D eigenvalue weighted by molar-refractivity contribution is 5.77. The number of piperidine rings is 1. The number of carbonyl (C=O) groups is 2. The van der Waals surface area contributed by atoms with E-state index in [4.69, 9.17) is 14.2 Å². The van der Waals surface area contributed by atoms with Gasteiger partial charge in [-0.1, -0.05) is 60.9 Å². The Morgan fingerprint density at radius 2 is 1.70 bits per heavy atom. The molecule has 0 radical (unpaired) electrons. The summed E-state index contributed by atoms with van der Waals surface area (Å²) in [6.45, 7) is 3.25. The van der Waals surface area contributed by atoms with E-state index in [9.17, 15) is 9.59 Å². The van der Waals surface area contributed by atoms with Crippen molar-refractivity contribution in [3.63, 3.8) is 0 Å². The summed E-state index contributed by atoms with van der Waals surface area (Å²) < 4.78 is 18.2. The second-order valence-electron chi connectivity index (χ2n) is 15.5. The van der Waals surface area contributed by atoms with Crippen molar-refractivity contribution >= 4 is 12.1 Å². The largest absolute Gasteiger partial charge is 0.445 e. The summed E-state index contributed by atoms with van der Waals surface area (Å²) in [5.41, 5.74) is 3.33. The molecule has 1 saturated heterocycles. The van der Waals surface area contributed by atoms with E-state index in [2.05, 4.69) is 19.1 Å². The highest BCUT2D eigenvalue weighted by Gasteiger charge is 2.58. The van der Waals surface area contributed by atoms with E-state index in [1.807, 2.05) is 35.2 Å². The molecule has 1 aliphatic heterocycles. The lowest BCUT2D eigenvalue weighted by atomic mass is 9.49. The van der Waals surface area contributed by atoms with Crippen LogP contribution in [0.3, 0.4) is 0 Å². The molecule has 43 heavy (non-hydrogen) atoms. The lowest BCUT2D eigenvalue weighted by Crippen LogP contribution is -2.60. The highest BCUT2D eigenvalue weighted by atomic mass is 16.7. The maximum Gasteiger partial charge on any atom is 0.410 e. The Kier molecular flexibility index (Phi) is 6.81. The number of carbonyl (C=O) groups excluding carboxylic acids is 2. The van der Waals surface area contributed by atoms with Gasteiger partial charge in [-0.15, -0.1) is 0 Å². The second kappa shape index (κ2) is 10.5. The maximum atomic E-state index is 13.4. The third kappa shape index (κ3) is 4.78. The second-order valence-corrected chi connectivity index (χ2v) is 15.5. The fourth-order valence-electron chi connectivity index (χ4n) is 11.3. The average molecular weight is 586 g/mol. The van der Waals surface area contributed by atoms with E-state index in [0.29, 0.717) is 12.5 Å². The maximum absolute atomic E-state index is 13.4. The first-order valence-corrected chi connectivity index (χ1v) is 17.1. The zero-order chi connectivity index (χ0) is 29.2. The van der Waals surface area contributed by atoms with Gasteiger partial charge in [0.15, 0.2) is 6.79 Å². The van der Waals surface area contributed by atoms with E-state index in [1.54, 1.807) is 5.57 Å². The lowest BCUT2D eigenvalue weighted by molar-refractivity contribution is -0.191. The van der Waals surface area contributed by atoms with Gasteiger partial charge in [-0.3, -0.25) is 4.79 Å². The molecule has 6 nitrogen and oxygen atoms in total. The van der Waals surface area contributed by atoms with E-state index in [-0.39, 0.29) is 35.7 Å². The summed E-state index contributed by atoms with van der Waals surface area (Å²) in [6, 6.07) is 10.1. The van der Waals surface area contributed by atoms with Crippen molar-refractivity contribution in [1.82, 2.24) is 4.90 Å². The number of hydrogen-bond donors (Lipinski definition) is 0. The first-order chi connectivity index (χ1) is 20.8. The normalized spacial score (nSPS) is 40.6. The summed E-state index contributed by atoms with van der Waals surface area (Å²) in [7, 11) is 0. The first kappa shape index (κ1) is 27.9. The molecule has 1 aromatic rings. The van der Waals surface area contributed by atoms with Gasteiger partial charge in [0.25, 0.3) is 0 Å². The van der Waals surface area contributed by atoms with Gasteiger partial charge in [-0.05, 0) is 111 Å². The smallest absolute Gasteiger partial charge is 0.410 e. The Balaban J connectivity index is 0.942. The van der Waals surface area contributed by atoms with Gasteiger partial charge in [0, 0.05) is 19.0 Å². The third-order valence-electron chi connectivity index (χ3n) is 12.8. The molecule has 8 aliphatic rings. The number of rotatable bonds is 6. The van der Waals surface area contributed by atoms with E-state index < -0.39 is 5.60 Å². The molecule has 9 rings (SSSR count). The van der Waals surface area contributed by atoms with Crippen molar-refractivity contribution in [3.05, 3.63) is 59.2 Å². The fraction of sp³-hybridized carbons (Fsp3) is 0.676. The average Bonchev–Trinajstić information content (AvgIpc) is 3.00. The minimum absolute atomic E-state index is 0.00661. The van der Waals surface area contributed by atoms with Gasteiger partial charge in [0.2, 0.25) is 0 Å². The Bertz CT molecular complexity index is 1300. The van der Waals surface area contributed by atoms with Gasteiger partial charge in [-0.2, -0.15) is 0 Å². The predicted octanol–water partition coefficient (Wildman–Crippen LogP) is 7.73. The van der Waals surface area contributed by atoms with Crippen molar-refractivity contribution in [1.29, 1.82) is 0 Å². The first-order valence-electron chi connectivity index (χ1n) is 17.1. The summed E-state index contributed by atoms with van der Waals surface area (Å²) in [4.78, 5) is 28.9. The Morgan fingerprint density at radius 3 is 2.44 bits per heavy atom. The predicted molar refractivity (Wildman–Crippen MR) is 163 cm³/mol. The molecular formula is C37H47NO5. The number of allylic oxidation sites excluding steroid dienone is 1. The zero-order valence-electron chi connectivity index (χ0n) is 25.7. The molecular weight excluding hydrogens is 538 g/mol. The van der Waals surface area contributed by atoms with Crippen molar-refractivity contribution in [2.45, 2.75) is 109 Å².